The molecule has 0 spiro atoms. The highest BCUT2D eigenvalue weighted by Gasteiger charge is 2.60. The lowest BCUT2D eigenvalue weighted by atomic mass is 9.64. The summed E-state index contributed by atoms with van der Waals surface area (Å²) in [5.41, 5.74) is 16.2. The lowest BCUT2D eigenvalue weighted by Gasteiger charge is -2.46. The molecule has 2 aromatic carbocycles. The maximum Gasteiger partial charge on any atom is 0.230 e. The standard InChI is InChI=1S/C26H38N4O3.C8H8N2/c1-7-24(5)21-22(29-23(24,3)4)26(32-6,33-8-2)14-13-25(21,27)28-20-17-18-11-9-10-12-19(18)30(20)15-16-31;9-7-2-1-3-8-6(7)4-5-10-8/h9-14,17,28-29,31H,7-8,15-16,27H2,1-6H3;1-5,10H,9H2. The third-order valence-corrected chi connectivity index (χ3v) is 9.41. The summed E-state index contributed by atoms with van der Waals surface area (Å²) in [6.07, 6.45) is 6.64. The molecule has 9 heteroatoms. The van der Waals surface area contributed by atoms with Crippen LogP contribution in [-0.2, 0) is 16.0 Å². The largest absolute Gasteiger partial charge is 0.398 e. The van der Waals surface area contributed by atoms with E-state index in [0.29, 0.717) is 13.2 Å². The van der Waals surface area contributed by atoms with Crippen molar-refractivity contribution in [3.8, 4) is 0 Å². The summed E-state index contributed by atoms with van der Waals surface area (Å²) in [5.74, 6) is -0.162. The molecule has 0 fully saturated rings. The number of para-hydroxylation sites is 1. The molecule has 0 radical (unpaired) electrons. The monoisotopic (exact) mass is 586 g/mol. The zero-order valence-electron chi connectivity index (χ0n) is 26.1. The van der Waals surface area contributed by atoms with Gasteiger partial charge in [-0.2, -0.15) is 0 Å². The minimum atomic E-state index is -1.02. The van der Waals surface area contributed by atoms with E-state index in [1.165, 1.54) is 0 Å². The summed E-state index contributed by atoms with van der Waals surface area (Å²) >= 11 is 0. The predicted molar refractivity (Wildman–Crippen MR) is 175 cm³/mol. The Hall–Kier alpha value is -3.76. The first kappa shape index (κ1) is 30.7. The van der Waals surface area contributed by atoms with Crippen LogP contribution in [0.4, 0.5) is 11.5 Å². The Labute approximate surface area is 253 Å². The van der Waals surface area contributed by atoms with Gasteiger partial charge >= 0.3 is 0 Å². The highest BCUT2D eigenvalue weighted by molar-refractivity contribution is 5.90. The SMILES string of the molecule is CCOC1(OC)C=CC(N)(Nc2cc3ccccc3n2CCO)C2=C1NC(C)(C)C2(C)CC.Nc1cccc2[nH]ccc12. The fraction of sp³-hybridized carbons (Fsp3) is 0.412. The molecule has 8 N–H and O–H groups in total. The number of hydrogen-bond acceptors (Lipinski definition) is 7. The fourth-order valence-corrected chi connectivity index (χ4v) is 6.70. The van der Waals surface area contributed by atoms with Gasteiger partial charge in [0.25, 0.3) is 0 Å². The van der Waals surface area contributed by atoms with Crippen molar-refractivity contribution < 1.29 is 14.6 Å². The average molecular weight is 587 g/mol. The van der Waals surface area contributed by atoms with Crippen LogP contribution < -0.4 is 22.1 Å². The molecular formula is C34H46N6O3. The smallest absolute Gasteiger partial charge is 0.230 e. The van der Waals surface area contributed by atoms with Gasteiger partial charge < -0.3 is 46.2 Å². The molecule has 3 unspecified atom stereocenters. The number of nitrogens with two attached hydrogens (primary N) is 2. The number of fused-ring (bicyclic) bond motifs is 2. The Morgan fingerprint density at radius 3 is 2.47 bits per heavy atom. The number of rotatable bonds is 8. The number of aliphatic hydroxyl groups is 1. The Kier molecular flexibility index (Phi) is 8.13. The summed E-state index contributed by atoms with van der Waals surface area (Å²) in [7, 11) is 1.66. The first-order valence-corrected chi connectivity index (χ1v) is 15.0. The van der Waals surface area contributed by atoms with E-state index in [2.05, 4.69) is 66.1 Å². The summed E-state index contributed by atoms with van der Waals surface area (Å²) < 4.78 is 14.2. The van der Waals surface area contributed by atoms with Crippen LogP contribution in [0.2, 0.25) is 0 Å². The average Bonchev–Trinajstić information content (AvgIpc) is 3.66. The van der Waals surface area contributed by atoms with Gasteiger partial charge in [0.05, 0.1) is 12.3 Å². The molecular weight excluding hydrogens is 540 g/mol. The minimum Gasteiger partial charge on any atom is -0.398 e. The maximum atomic E-state index is 9.75. The molecule has 3 atom stereocenters. The van der Waals surface area contributed by atoms with Crippen LogP contribution in [0.1, 0.15) is 41.0 Å². The Bertz CT molecular complexity index is 1670. The van der Waals surface area contributed by atoms with Gasteiger partial charge in [0.15, 0.2) is 0 Å². The number of nitrogens with zero attached hydrogens (tertiary/aromatic N) is 1. The molecule has 2 aliphatic rings. The van der Waals surface area contributed by atoms with E-state index >= 15 is 0 Å². The number of benzene rings is 2. The Morgan fingerprint density at radius 1 is 1.02 bits per heavy atom. The number of H-pyrrole nitrogens is 1. The van der Waals surface area contributed by atoms with E-state index in [1.807, 2.05) is 61.7 Å². The summed E-state index contributed by atoms with van der Waals surface area (Å²) in [6.45, 7) is 11.8. The second kappa shape index (κ2) is 11.4. The highest BCUT2D eigenvalue weighted by Crippen LogP contribution is 2.56. The topological polar surface area (TPSA) is 136 Å². The molecule has 4 aromatic rings. The van der Waals surface area contributed by atoms with Crippen LogP contribution in [0.15, 0.2) is 84.2 Å². The van der Waals surface area contributed by atoms with E-state index in [4.69, 9.17) is 20.9 Å². The molecule has 43 heavy (non-hydrogen) atoms. The van der Waals surface area contributed by atoms with Gasteiger partial charge in [-0.15, -0.1) is 0 Å². The predicted octanol–water partition coefficient (Wildman–Crippen LogP) is 5.45. The van der Waals surface area contributed by atoms with E-state index in [9.17, 15) is 5.11 Å². The van der Waals surface area contributed by atoms with Crippen molar-refractivity contribution in [1.29, 1.82) is 0 Å². The second-order valence-corrected chi connectivity index (χ2v) is 12.1. The lowest BCUT2D eigenvalue weighted by Crippen LogP contribution is -2.57. The van der Waals surface area contributed by atoms with Crippen LogP contribution in [0.5, 0.6) is 0 Å². The van der Waals surface area contributed by atoms with Crippen molar-refractivity contribution in [2.75, 3.05) is 31.4 Å². The molecule has 9 nitrogen and oxygen atoms in total. The fourth-order valence-electron chi connectivity index (χ4n) is 6.70. The first-order valence-electron chi connectivity index (χ1n) is 15.0. The van der Waals surface area contributed by atoms with E-state index < -0.39 is 11.4 Å². The number of nitrogen functional groups attached to an aromatic ring is 1. The van der Waals surface area contributed by atoms with Gasteiger partial charge in [-0.1, -0.05) is 38.1 Å². The zero-order valence-corrected chi connectivity index (χ0v) is 26.1. The number of ether oxygens (including phenoxy) is 2. The second-order valence-electron chi connectivity index (χ2n) is 12.1. The first-order chi connectivity index (χ1) is 20.5. The molecule has 2 aromatic heterocycles. The van der Waals surface area contributed by atoms with E-state index in [0.717, 1.165) is 51.0 Å². The zero-order chi connectivity index (χ0) is 31.0. The third-order valence-electron chi connectivity index (χ3n) is 9.41. The van der Waals surface area contributed by atoms with Gasteiger partial charge in [-0.3, -0.25) is 0 Å². The molecule has 0 amide bonds. The normalized spacial score (nSPS) is 25.9. The number of methoxy groups -OCH3 is 1. The van der Waals surface area contributed by atoms with Gasteiger partial charge in [0.1, 0.15) is 11.5 Å². The molecule has 3 heterocycles. The summed E-state index contributed by atoms with van der Waals surface area (Å²) in [6, 6.07) is 18.1. The lowest BCUT2D eigenvalue weighted by molar-refractivity contribution is -0.163. The number of aliphatic hydroxyl groups excluding tert-OH is 1. The Balaban J connectivity index is 0.000000308. The van der Waals surface area contributed by atoms with Crippen LogP contribution in [-0.4, -0.2) is 52.0 Å². The number of aromatic amines is 1. The van der Waals surface area contributed by atoms with Crippen LogP contribution in [0.25, 0.3) is 21.8 Å². The van der Waals surface area contributed by atoms with Crippen molar-refractivity contribution in [3.05, 3.63) is 84.2 Å². The number of hydrogen-bond donors (Lipinski definition) is 6. The minimum absolute atomic E-state index is 0.0348. The van der Waals surface area contributed by atoms with Crippen LogP contribution >= 0.6 is 0 Å². The molecule has 1 aliphatic carbocycles. The van der Waals surface area contributed by atoms with Crippen LogP contribution in [0, 0.1) is 5.41 Å². The summed E-state index contributed by atoms with van der Waals surface area (Å²) in [5, 5.41) is 19.3. The van der Waals surface area contributed by atoms with Crippen molar-refractivity contribution in [1.82, 2.24) is 14.9 Å². The quantitative estimate of drug-likeness (QED) is 0.0918. The van der Waals surface area contributed by atoms with E-state index in [-0.39, 0.29) is 17.6 Å². The Morgan fingerprint density at radius 2 is 1.79 bits per heavy atom. The van der Waals surface area contributed by atoms with Gasteiger partial charge in [-0.25, -0.2) is 0 Å². The number of anilines is 2. The highest BCUT2D eigenvalue weighted by atomic mass is 16.7. The maximum absolute atomic E-state index is 9.75. The third kappa shape index (κ3) is 5.00. The van der Waals surface area contributed by atoms with E-state index in [1.54, 1.807) is 7.11 Å². The molecule has 6 rings (SSSR count). The van der Waals surface area contributed by atoms with Gasteiger partial charge in [0.2, 0.25) is 5.79 Å². The van der Waals surface area contributed by atoms with Crippen molar-refractivity contribution >= 4 is 33.3 Å². The molecule has 1 aliphatic heterocycles. The van der Waals surface area contributed by atoms with Crippen LogP contribution in [0.3, 0.4) is 0 Å². The molecule has 0 saturated carbocycles. The van der Waals surface area contributed by atoms with Gasteiger partial charge in [0, 0.05) is 70.5 Å². The van der Waals surface area contributed by atoms with Gasteiger partial charge in [-0.05, 0) is 69.7 Å². The van der Waals surface area contributed by atoms with Crippen molar-refractivity contribution in [2.45, 2.75) is 64.6 Å². The molecule has 0 saturated heterocycles. The van der Waals surface area contributed by atoms with Crippen molar-refractivity contribution in [3.63, 3.8) is 0 Å². The molecule has 0 bridgehead atoms. The number of aromatic nitrogens is 2. The number of nitrogens with one attached hydrogen (secondary N) is 3. The molecule has 230 valence electrons. The van der Waals surface area contributed by atoms with Crippen molar-refractivity contribution in [2.24, 2.45) is 11.1 Å². The summed E-state index contributed by atoms with van der Waals surface area (Å²) in [4.78, 5) is 3.08.